The average Bonchev–Trinajstić information content (AvgIpc) is 3.51. The van der Waals surface area contributed by atoms with Crippen LogP contribution in [-0.2, 0) is 0 Å². The molecule has 3 aromatic rings. The minimum Gasteiger partial charge on any atom is -0.390 e. The maximum absolute atomic E-state index is 14.4. The van der Waals surface area contributed by atoms with E-state index in [1.165, 1.54) is 11.2 Å². The molecule has 0 radical (unpaired) electrons. The van der Waals surface area contributed by atoms with Gasteiger partial charge in [-0.1, -0.05) is 0 Å². The fourth-order valence-corrected chi connectivity index (χ4v) is 4.66. The first-order chi connectivity index (χ1) is 15.4. The van der Waals surface area contributed by atoms with E-state index in [0.29, 0.717) is 43.4 Å². The number of benzene rings is 1. The fourth-order valence-electron chi connectivity index (χ4n) is 4.66. The first-order valence-electron chi connectivity index (χ1n) is 10.5. The second kappa shape index (κ2) is 8.06. The van der Waals surface area contributed by atoms with Crippen LogP contribution in [0, 0.1) is 11.6 Å². The second-order valence-electron chi connectivity index (χ2n) is 8.23. The molecule has 32 heavy (non-hydrogen) atoms. The van der Waals surface area contributed by atoms with Crippen molar-refractivity contribution in [2.45, 2.75) is 50.0 Å². The van der Waals surface area contributed by atoms with Gasteiger partial charge < -0.3 is 20.4 Å². The molecule has 9 nitrogen and oxygen atoms in total. The number of likely N-dealkylation sites (tertiary alicyclic amines) is 1. The standard InChI is InChI=1S/C21H22F2N6O3/c22-10-3-4-12(23)11(8-10)14-2-1-7-29(14)21(32)17-16-19(24-9-25-20(16)28-27-17)26-13-5-6-15(30)18(13)31/h3-4,8-9,13-15,18,30-31H,1-2,5-7H2,(H2,24,25,26,27,28)/t13-,14+,15-,18+/m0/s1. The van der Waals surface area contributed by atoms with Crippen molar-refractivity contribution in [3.63, 3.8) is 0 Å². The van der Waals surface area contributed by atoms with Crippen LogP contribution in [0.3, 0.4) is 0 Å². The molecule has 4 N–H and O–H groups in total. The van der Waals surface area contributed by atoms with E-state index in [-0.39, 0.29) is 16.9 Å². The van der Waals surface area contributed by atoms with Crippen LogP contribution in [0.4, 0.5) is 14.6 Å². The Morgan fingerprint density at radius 3 is 2.81 bits per heavy atom. The van der Waals surface area contributed by atoms with Crippen molar-refractivity contribution in [2.75, 3.05) is 11.9 Å². The molecule has 2 aromatic heterocycles. The number of rotatable bonds is 4. The van der Waals surface area contributed by atoms with Gasteiger partial charge in [-0.2, -0.15) is 5.10 Å². The summed E-state index contributed by atoms with van der Waals surface area (Å²) in [5, 5.41) is 30.3. The molecule has 168 valence electrons. The van der Waals surface area contributed by atoms with E-state index in [1.54, 1.807) is 0 Å². The van der Waals surface area contributed by atoms with Crippen molar-refractivity contribution < 1.29 is 23.8 Å². The van der Waals surface area contributed by atoms with Crippen molar-refractivity contribution in [3.8, 4) is 0 Å². The minimum atomic E-state index is -0.968. The van der Waals surface area contributed by atoms with E-state index < -0.39 is 41.8 Å². The maximum Gasteiger partial charge on any atom is 0.273 e. The molecular weight excluding hydrogens is 422 g/mol. The van der Waals surface area contributed by atoms with Crippen LogP contribution >= 0.6 is 0 Å². The highest BCUT2D eigenvalue weighted by atomic mass is 19.1. The zero-order valence-corrected chi connectivity index (χ0v) is 17.0. The molecule has 1 aliphatic carbocycles. The maximum atomic E-state index is 14.4. The molecular formula is C21H22F2N6O3. The van der Waals surface area contributed by atoms with Crippen LogP contribution in [0.1, 0.15) is 47.8 Å². The van der Waals surface area contributed by atoms with Crippen molar-refractivity contribution in [3.05, 3.63) is 47.4 Å². The second-order valence-corrected chi connectivity index (χ2v) is 8.23. The molecule has 1 saturated heterocycles. The highest BCUT2D eigenvalue weighted by molar-refractivity contribution is 6.07. The first kappa shape index (κ1) is 20.7. The smallest absolute Gasteiger partial charge is 0.273 e. The summed E-state index contributed by atoms with van der Waals surface area (Å²) in [5.41, 5.74) is 0.517. The van der Waals surface area contributed by atoms with Crippen LogP contribution in [-0.4, -0.2) is 66.0 Å². The summed E-state index contributed by atoms with van der Waals surface area (Å²) < 4.78 is 28.2. The lowest BCUT2D eigenvalue weighted by atomic mass is 10.0. The van der Waals surface area contributed by atoms with Crippen LogP contribution < -0.4 is 5.32 Å². The van der Waals surface area contributed by atoms with Crippen LogP contribution in [0.2, 0.25) is 0 Å². The largest absolute Gasteiger partial charge is 0.390 e. The molecule has 0 unspecified atom stereocenters. The number of carbonyl (C=O) groups is 1. The van der Waals surface area contributed by atoms with Gasteiger partial charge in [-0.15, -0.1) is 0 Å². The van der Waals surface area contributed by atoms with Gasteiger partial charge in [0.2, 0.25) is 0 Å². The SMILES string of the molecule is O=C(c1[nH]nc2ncnc(N[C@H]3CC[C@H](O)[C@@H]3O)c12)N1CCC[C@@H]1c1cc(F)ccc1F. The van der Waals surface area contributed by atoms with Gasteiger partial charge in [0.25, 0.3) is 5.91 Å². The third-order valence-electron chi connectivity index (χ3n) is 6.30. The topological polar surface area (TPSA) is 127 Å². The molecule has 1 amide bonds. The summed E-state index contributed by atoms with van der Waals surface area (Å²) in [7, 11) is 0. The number of carbonyl (C=O) groups excluding carboxylic acids is 1. The lowest BCUT2D eigenvalue weighted by Gasteiger charge is -2.25. The summed E-state index contributed by atoms with van der Waals surface area (Å²) >= 11 is 0. The highest BCUT2D eigenvalue weighted by Gasteiger charge is 2.36. The van der Waals surface area contributed by atoms with Gasteiger partial charge in [-0.25, -0.2) is 18.7 Å². The highest BCUT2D eigenvalue weighted by Crippen LogP contribution is 2.36. The number of nitrogens with zero attached hydrogens (tertiary/aromatic N) is 4. The summed E-state index contributed by atoms with van der Waals surface area (Å²) in [6.45, 7) is 0.379. The number of amides is 1. The Balaban J connectivity index is 1.49. The number of aliphatic hydroxyl groups is 2. The number of aromatic amines is 1. The van der Waals surface area contributed by atoms with Gasteiger partial charge in [-0.05, 0) is 43.9 Å². The number of hydrogen-bond acceptors (Lipinski definition) is 7. The Hall–Kier alpha value is -3.18. The van der Waals surface area contributed by atoms with E-state index in [1.807, 2.05) is 0 Å². The van der Waals surface area contributed by atoms with Crippen molar-refractivity contribution >= 4 is 22.8 Å². The van der Waals surface area contributed by atoms with E-state index >= 15 is 0 Å². The number of anilines is 1. The Morgan fingerprint density at radius 1 is 1.19 bits per heavy atom. The fraction of sp³-hybridized carbons (Fsp3) is 0.429. The Morgan fingerprint density at radius 2 is 2.03 bits per heavy atom. The molecule has 1 saturated carbocycles. The van der Waals surface area contributed by atoms with Crippen LogP contribution in [0.25, 0.3) is 11.0 Å². The summed E-state index contributed by atoms with van der Waals surface area (Å²) in [4.78, 5) is 23.3. The van der Waals surface area contributed by atoms with E-state index in [0.717, 1.165) is 18.2 Å². The average molecular weight is 444 g/mol. The van der Waals surface area contributed by atoms with Gasteiger partial charge in [0.05, 0.1) is 29.7 Å². The number of hydrogen-bond donors (Lipinski definition) is 4. The lowest BCUT2D eigenvalue weighted by Crippen LogP contribution is -2.35. The number of aromatic nitrogens is 4. The molecule has 0 bridgehead atoms. The van der Waals surface area contributed by atoms with Crippen LogP contribution in [0.15, 0.2) is 24.5 Å². The zero-order valence-electron chi connectivity index (χ0n) is 17.0. The Kier molecular flexibility index (Phi) is 5.22. The normalized spacial score (nSPS) is 25.6. The van der Waals surface area contributed by atoms with Gasteiger partial charge in [0, 0.05) is 12.1 Å². The Labute approximate surface area is 181 Å². The molecule has 4 atom stereocenters. The number of H-pyrrole nitrogens is 1. The molecule has 3 heterocycles. The van der Waals surface area contributed by atoms with E-state index in [4.69, 9.17) is 0 Å². The third-order valence-corrected chi connectivity index (χ3v) is 6.30. The molecule has 2 fully saturated rings. The van der Waals surface area contributed by atoms with E-state index in [9.17, 15) is 23.8 Å². The summed E-state index contributed by atoms with van der Waals surface area (Å²) in [6.07, 6.45) is 1.61. The monoisotopic (exact) mass is 444 g/mol. The minimum absolute atomic E-state index is 0.125. The third kappa shape index (κ3) is 3.47. The Bertz CT molecular complexity index is 1170. The van der Waals surface area contributed by atoms with E-state index in [2.05, 4.69) is 25.5 Å². The molecule has 1 aromatic carbocycles. The quantitative estimate of drug-likeness (QED) is 0.484. The molecule has 0 spiro atoms. The molecule has 11 heteroatoms. The van der Waals surface area contributed by atoms with Gasteiger partial charge >= 0.3 is 0 Å². The number of aliphatic hydroxyl groups excluding tert-OH is 2. The lowest BCUT2D eigenvalue weighted by molar-refractivity contribution is 0.0392. The summed E-state index contributed by atoms with van der Waals surface area (Å²) in [6, 6.07) is 2.19. The number of nitrogens with one attached hydrogen (secondary N) is 2. The van der Waals surface area contributed by atoms with Crippen molar-refractivity contribution in [1.82, 2.24) is 25.1 Å². The van der Waals surface area contributed by atoms with Gasteiger partial charge in [0.1, 0.15) is 29.5 Å². The van der Waals surface area contributed by atoms with Crippen molar-refractivity contribution in [2.24, 2.45) is 0 Å². The molecule has 2 aliphatic rings. The van der Waals surface area contributed by atoms with Crippen LogP contribution in [0.5, 0.6) is 0 Å². The first-order valence-corrected chi connectivity index (χ1v) is 10.5. The van der Waals surface area contributed by atoms with Gasteiger partial charge in [-0.3, -0.25) is 9.89 Å². The molecule has 5 rings (SSSR count). The molecule has 1 aliphatic heterocycles. The number of halogens is 2. The summed E-state index contributed by atoms with van der Waals surface area (Å²) in [5.74, 6) is -1.25. The number of fused-ring (bicyclic) bond motifs is 1. The zero-order chi connectivity index (χ0) is 22.4. The predicted molar refractivity (Wildman–Crippen MR) is 110 cm³/mol. The predicted octanol–water partition coefficient (Wildman–Crippen LogP) is 1.90. The van der Waals surface area contributed by atoms with Crippen molar-refractivity contribution in [1.29, 1.82) is 0 Å². The van der Waals surface area contributed by atoms with Gasteiger partial charge in [0.15, 0.2) is 5.65 Å².